The van der Waals surface area contributed by atoms with Crippen molar-refractivity contribution >= 4 is 17.4 Å². The molecule has 0 bridgehead atoms. The summed E-state index contributed by atoms with van der Waals surface area (Å²) in [5.74, 6) is 3.64. The maximum Gasteiger partial charge on any atom is 0.0317 e. The second kappa shape index (κ2) is 4.91. The van der Waals surface area contributed by atoms with Gasteiger partial charge in [-0.2, -0.15) is 11.8 Å². The van der Waals surface area contributed by atoms with Gasteiger partial charge in [-0.15, -0.1) is 0 Å². The number of nitrogens with two attached hydrogens (primary N) is 1. The van der Waals surface area contributed by atoms with E-state index in [4.69, 9.17) is 5.73 Å². The Morgan fingerprint density at radius 3 is 2.76 bits per heavy atom. The lowest BCUT2D eigenvalue weighted by Gasteiger charge is -2.26. The van der Waals surface area contributed by atoms with Gasteiger partial charge in [0.1, 0.15) is 0 Å². The molecule has 0 atom stereocenters. The predicted molar refractivity (Wildman–Crippen MR) is 75.0 cm³/mol. The summed E-state index contributed by atoms with van der Waals surface area (Å²) >= 11 is 2.11. The maximum atomic E-state index is 5.84. The molecule has 0 unspecified atom stereocenters. The molecule has 0 saturated carbocycles. The molecular formula is C14H20N2S. The smallest absolute Gasteiger partial charge is 0.0317 e. The van der Waals surface area contributed by atoms with E-state index in [1.165, 1.54) is 42.0 Å². The van der Waals surface area contributed by atoms with Gasteiger partial charge in [0.2, 0.25) is 0 Å². The standard InChI is InChI=1S/C14H20N2S/c15-14-2-1-12-9-16(10-13(12)7-14)8-11-3-5-17-6-4-11/h1-2,7,11H,3-6,8-10,15H2. The third-order valence-electron chi connectivity index (χ3n) is 3.88. The lowest BCUT2D eigenvalue weighted by Crippen LogP contribution is -2.27. The van der Waals surface area contributed by atoms with Crippen LogP contribution in [-0.2, 0) is 13.1 Å². The molecule has 2 N–H and O–H groups in total. The molecule has 92 valence electrons. The van der Waals surface area contributed by atoms with Gasteiger partial charge in [-0.25, -0.2) is 0 Å². The number of nitrogen functional groups attached to an aromatic ring is 1. The van der Waals surface area contributed by atoms with E-state index < -0.39 is 0 Å². The minimum absolute atomic E-state index is 0.902. The number of fused-ring (bicyclic) bond motifs is 1. The molecule has 1 saturated heterocycles. The Bertz CT molecular complexity index is 399. The average Bonchev–Trinajstić information content (AvgIpc) is 2.71. The fourth-order valence-corrected chi connectivity index (χ4v) is 4.11. The molecule has 2 aliphatic heterocycles. The van der Waals surface area contributed by atoms with Crippen LogP contribution >= 0.6 is 11.8 Å². The van der Waals surface area contributed by atoms with E-state index in [1.807, 2.05) is 6.07 Å². The van der Waals surface area contributed by atoms with E-state index in [0.717, 1.165) is 24.7 Å². The Kier molecular flexibility index (Phi) is 3.30. The van der Waals surface area contributed by atoms with Crippen LogP contribution in [0.2, 0.25) is 0 Å². The van der Waals surface area contributed by atoms with Crippen molar-refractivity contribution in [2.75, 3.05) is 23.8 Å². The van der Waals surface area contributed by atoms with Crippen molar-refractivity contribution in [2.24, 2.45) is 5.92 Å². The summed E-state index contributed by atoms with van der Waals surface area (Å²) < 4.78 is 0. The molecule has 0 spiro atoms. The molecule has 0 radical (unpaired) electrons. The van der Waals surface area contributed by atoms with Gasteiger partial charge < -0.3 is 5.73 Å². The SMILES string of the molecule is Nc1ccc2c(c1)CN(CC1CCSCC1)C2. The first-order chi connectivity index (χ1) is 8.31. The third kappa shape index (κ3) is 2.61. The fraction of sp³-hybridized carbons (Fsp3) is 0.571. The van der Waals surface area contributed by atoms with Crippen molar-refractivity contribution in [1.82, 2.24) is 4.90 Å². The quantitative estimate of drug-likeness (QED) is 0.816. The van der Waals surface area contributed by atoms with E-state index in [1.54, 1.807) is 0 Å². The Morgan fingerprint density at radius 2 is 1.94 bits per heavy atom. The minimum atomic E-state index is 0.902. The number of anilines is 1. The molecular weight excluding hydrogens is 228 g/mol. The third-order valence-corrected chi connectivity index (χ3v) is 4.92. The second-order valence-electron chi connectivity index (χ2n) is 5.25. The topological polar surface area (TPSA) is 29.3 Å². The van der Waals surface area contributed by atoms with Crippen LogP contribution in [0.3, 0.4) is 0 Å². The summed E-state index contributed by atoms with van der Waals surface area (Å²) in [7, 11) is 0. The molecule has 2 nitrogen and oxygen atoms in total. The van der Waals surface area contributed by atoms with Gasteiger partial charge in [-0.05, 0) is 53.5 Å². The minimum Gasteiger partial charge on any atom is -0.399 e. The molecule has 2 aliphatic rings. The van der Waals surface area contributed by atoms with Crippen molar-refractivity contribution in [3.05, 3.63) is 29.3 Å². The number of hydrogen-bond acceptors (Lipinski definition) is 3. The van der Waals surface area contributed by atoms with Gasteiger partial charge in [-0.3, -0.25) is 4.90 Å². The zero-order chi connectivity index (χ0) is 11.7. The van der Waals surface area contributed by atoms with Gasteiger partial charge in [0.15, 0.2) is 0 Å². The Labute approximate surface area is 108 Å². The Hall–Kier alpha value is -0.670. The number of benzene rings is 1. The monoisotopic (exact) mass is 248 g/mol. The lowest BCUT2D eigenvalue weighted by atomic mass is 10.0. The highest BCUT2D eigenvalue weighted by atomic mass is 32.2. The van der Waals surface area contributed by atoms with E-state index in [2.05, 4.69) is 28.8 Å². The van der Waals surface area contributed by atoms with Crippen LogP contribution in [-0.4, -0.2) is 23.0 Å². The molecule has 0 aliphatic carbocycles. The van der Waals surface area contributed by atoms with Crippen LogP contribution in [0.4, 0.5) is 5.69 Å². The summed E-state index contributed by atoms with van der Waals surface area (Å²) in [6, 6.07) is 6.37. The average molecular weight is 248 g/mol. The summed E-state index contributed by atoms with van der Waals surface area (Å²) in [6.07, 6.45) is 2.80. The van der Waals surface area contributed by atoms with Crippen LogP contribution in [0.15, 0.2) is 18.2 Å². The zero-order valence-electron chi connectivity index (χ0n) is 10.2. The lowest BCUT2D eigenvalue weighted by molar-refractivity contribution is 0.228. The highest BCUT2D eigenvalue weighted by Crippen LogP contribution is 2.29. The number of rotatable bonds is 2. The first kappa shape index (κ1) is 11.4. The summed E-state index contributed by atoms with van der Waals surface area (Å²) in [6.45, 7) is 3.50. The van der Waals surface area contributed by atoms with Crippen LogP contribution in [0.1, 0.15) is 24.0 Å². The largest absolute Gasteiger partial charge is 0.399 e. The number of thioether (sulfide) groups is 1. The molecule has 17 heavy (non-hydrogen) atoms. The van der Waals surface area contributed by atoms with Crippen molar-refractivity contribution in [2.45, 2.75) is 25.9 Å². The van der Waals surface area contributed by atoms with Crippen molar-refractivity contribution in [3.8, 4) is 0 Å². The van der Waals surface area contributed by atoms with Gasteiger partial charge in [-0.1, -0.05) is 6.07 Å². The van der Waals surface area contributed by atoms with Gasteiger partial charge in [0.05, 0.1) is 0 Å². The van der Waals surface area contributed by atoms with Crippen LogP contribution in [0.5, 0.6) is 0 Å². The van der Waals surface area contributed by atoms with Gasteiger partial charge in [0.25, 0.3) is 0 Å². The summed E-state index contributed by atoms with van der Waals surface area (Å²) in [5.41, 5.74) is 9.66. The molecule has 1 fully saturated rings. The van der Waals surface area contributed by atoms with E-state index in [9.17, 15) is 0 Å². The van der Waals surface area contributed by atoms with Crippen molar-refractivity contribution in [3.63, 3.8) is 0 Å². The highest BCUT2D eigenvalue weighted by molar-refractivity contribution is 7.99. The van der Waals surface area contributed by atoms with E-state index in [0.29, 0.717) is 0 Å². The Balaban J connectivity index is 1.61. The van der Waals surface area contributed by atoms with Crippen molar-refractivity contribution < 1.29 is 0 Å². The van der Waals surface area contributed by atoms with Crippen molar-refractivity contribution in [1.29, 1.82) is 0 Å². The predicted octanol–water partition coefficient (Wildman–Crippen LogP) is 2.73. The Morgan fingerprint density at radius 1 is 1.18 bits per heavy atom. The van der Waals surface area contributed by atoms with Gasteiger partial charge in [0, 0.05) is 25.3 Å². The highest BCUT2D eigenvalue weighted by Gasteiger charge is 2.23. The van der Waals surface area contributed by atoms with Crippen LogP contribution < -0.4 is 5.73 Å². The normalized spacial score (nSPS) is 21.6. The number of hydrogen-bond donors (Lipinski definition) is 1. The zero-order valence-corrected chi connectivity index (χ0v) is 11.0. The molecule has 1 aromatic carbocycles. The first-order valence-corrected chi connectivity index (χ1v) is 7.64. The second-order valence-corrected chi connectivity index (χ2v) is 6.48. The molecule has 2 heterocycles. The molecule has 0 amide bonds. The van der Waals surface area contributed by atoms with Crippen LogP contribution in [0.25, 0.3) is 0 Å². The fourth-order valence-electron chi connectivity index (χ4n) is 2.91. The van der Waals surface area contributed by atoms with E-state index in [-0.39, 0.29) is 0 Å². The van der Waals surface area contributed by atoms with E-state index >= 15 is 0 Å². The molecule has 0 aromatic heterocycles. The summed E-state index contributed by atoms with van der Waals surface area (Å²) in [5, 5.41) is 0. The molecule has 3 heteroatoms. The molecule has 3 rings (SSSR count). The van der Waals surface area contributed by atoms with Crippen LogP contribution in [0, 0.1) is 5.92 Å². The molecule has 1 aromatic rings. The number of nitrogens with zero attached hydrogens (tertiary/aromatic N) is 1. The first-order valence-electron chi connectivity index (χ1n) is 6.48. The van der Waals surface area contributed by atoms with Gasteiger partial charge >= 0.3 is 0 Å². The maximum absolute atomic E-state index is 5.84. The summed E-state index contributed by atoms with van der Waals surface area (Å²) in [4.78, 5) is 2.59.